The molecule has 1 heterocycles. The number of rotatable bonds is 8. The maximum atomic E-state index is 12.2. The molecule has 1 unspecified atom stereocenters. The lowest BCUT2D eigenvalue weighted by Gasteiger charge is -2.33. The minimum Gasteiger partial charge on any atom is -0.351 e. The van der Waals surface area contributed by atoms with Crippen LogP contribution in [0.3, 0.4) is 0 Å². The third kappa shape index (κ3) is 4.20. The van der Waals surface area contributed by atoms with Crippen LogP contribution in [0.1, 0.15) is 46.6 Å². The average Bonchev–Trinajstić information content (AvgIpc) is 2.82. The van der Waals surface area contributed by atoms with Gasteiger partial charge in [0.15, 0.2) is 5.79 Å². The lowest BCUT2D eigenvalue weighted by molar-refractivity contribution is -0.458. The third-order valence-electron chi connectivity index (χ3n) is 4.81. The highest BCUT2D eigenvalue weighted by atomic mass is 17.2. The molecule has 2 rings (SSSR count). The number of amides is 2. The van der Waals surface area contributed by atoms with Gasteiger partial charge < -0.3 is 4.74 Å². The van der Waals surface area contributed by atoms with Gasteiger partial charge in [0.25, 0.3) is 11.8 Å². The number of hydrogen-bond acceptors (Lipinski definition) is 5. The van der Waals surface area contributed by atoms with Gasteiger partial charge in [-0.25, -0.2) is 9.78 Å². The van der Waals surface area contributed by atoms with Gasteiger partial charge in [-0.15, -0.1) is 0 Å². The van der Waals surface area contributed by atoms with Crippen LogP contribution in [0.25, 0.3) is 0 Å². The first-order chi connectivity index (χ1) is 12.1. The molecular weight excluding hydrogens is 334 g/mol. The Morgan fingerprint density at radius 1 is 0.923 bits per heavy atom. The van der Waals surface area contributed by atoms with Crippen LogP contribution in [-0.2, 0) is 29.7 Å². The van der Waals surface area contributed by atoms with Gasteiger partial charge in [-0.2, -0.15) is 0 Å². The number of methoxy groups -OCH3 is 1. The zero-order chi connectivity index (χ0) is 19.5. The number of ether oxygens (including phenoxy) is 1. The molecule has 1 aliphatic rings. The summed E-state index contributed by atoms with van der Waals surface area (Å²) in [6.07, 6.45) is 0.284. The summed E-state index contributed by atoms with van der Waals surface area (Å²) in [5.74, 6) is -1.63. The fourth-order valence-corrected chi connectivity index (χ4v) is 2.59. The van der Waals surface area contributed by atoms with Crippen molar-refractivity contribution in [1.29, 1.82) is 0 Å². The van der Waals surface area contributed by atoms with E-state index in [4.69, 9.17) is 14.5 Å². The zero-order valence-corrected chi connectivity index (χ0v) is 16.3. The molecule has 0 aromatic heterocycles. The molecular formula is C20H27NO5. The van der Waals surface area contributed by atoms with Gasteiger partial charge in [0, 0.05) is 31.2 Å². The van der Waals surface area contributed by atoms with Crippen LogP contribution in [0.4, 0.5) is 0 Å². The van der Waals surface area contributed by atoms with Crippen molar-refractivity contribution in [3.05, 3.63) is 47.0 Å². The standard InChI is InChI=1S/C20H27NO5/c1-14-15(2)18(23)21(17(14)22)13-12-20(5,24-6)26-25-19(3,4)16-10-8-7-9-11-16/h7-11H,12-13H2,1-6H3. The number of benzene rings is 1. The molecule has 0 saturated carbocycles. The molecule has 6 nitrogen and oxygen atoms in total. The lowest BCUT2D eigenvalue weighted by atomic mass is 9.99. The number of imide groups is 1. The van der Waals surface area contributed by atoms with Gasteiger partial charge in [0.1, 0.15) is 5.60 Å². The Morgan fingerprint density at radius 2 is 1.46 bits per heavy atom. The van der Waals surface area contributed by atoms with Crippen LogP contribution >= 0.6 is 0 Å². The molecule has 2 amide bonds. The molecule has 0 spiro atoms. The summed E-state index contributed by atoms with van der Waals surface area (Å²) in [7, 11) is 1.50. The Kier molecular flexibility index (Phi) is 6.01. The molecule has 0 aliphatic carbocycles. The highest BCUT2D eigenvalue weighted by Gasteiger charge is 2.37. The SMILES string of the molecule is COC(C)(CCN1C(=O)C(C)=C(C)C1=O)OOC(C)(C)c1ccccc1. The molecule has 1 atom stereocenters. The minimum atomic E-state index is -1.10. The minimum absolute atomic E-state index is 0.186. The first-order valence-electron chi connectivity index (χ1n) is 8.62. The van der Waals surface area contributed by atoms with Crippen molar-refractivity contribution >= 4 is 11.8 Å². The Balaban J connectivity index is 1.99. The van der Waals surface area contributed by atoms with Crippen molar-refractivity contribution in [3.8, 4) is 0 Å². The Labute approximate surface area is 154 Å². The lowest BCUT2D eigenvalue weighted by Crippen LogP contribution is -2.41. The van der Waals surface area contributed by atoms with Gasteiger partial charge in [0.05, 0.1) is 0 Å². The van der Waals surface area contributed by atoms with Crippen LogP contribution in [0.15, 0.2) is 41.5 Å². The topological polar surface area (TPSA) is 65.1 Å². The first-order valence-corrected chi connectivity index (χ1v) is 8.62. The second kappa shape index (κ2) is 7.70. The monoisotopic (exact) mass is 361 g/mol. The van der Waals surface area contributed by atoms with Gasteiger partial charge in [-0.05, 0) is 40.2 Å². The molecule has 0 N–H and O–H groups in total. The van der Waals surface area contributed by atoms with Gasteiger partial charge >= 0.3 is 0 Å². The predicted octanol–water partition coefficient (Wildman–Crippen LogP) is 3.33. The van der Waals surface area contributed by atoms with Crippen molar-refractivity contribution in [1.82, 2.24) is 4.90 Å². The molecule has 1 aromatic carbocycles. The van der Waals surface area contributed by atoms with E-state index >= 15 is 0 Å². The maximum absolute atomic E-state index is 12.2. The highest BCUT2D eigenvalue weighted by molar-refractivity contribution is 6.18. The van der Waals surface area contributed by atoms with E-state index in [1.807, 2.05) is 44.2 Å². The smallest absolute Gasteiger partial charge is 0.256 e. The van der Waals surface area contributed by atoms with Crippen molar-refractivity contribution in [3.63, 3.8) is 0 Å². The normalized spacial score (nSPS) is 17.8. The van der Waals surface area contributed by atoms with Crippen molar-refractivity contribution in [2.45, 2.75) is 52.4 Å². The molecule has 1 aliphatic heterocycles. The van der Waals surface area contributed by atoms with Crippen LogP contribution in [0.5, 0.6) is 0 Å². The Hall–Kier alpha value is -2.02. The summed E-state index contributed by atoms with van der Waals surface area (Å²) >= 11 is 0. The van der Waals surface area contributed by atoms with Gasteiger partial charge in [-0.3, -0.25) is 14.5 Å². The Morgan fingerprint density at radius 3 is 1.96 bits per heavy atom. The van der Waals surface area contributed by atoms with E-state index in [9.17, 15) is 9.59 Å². The second-order valence-electron chi connectivity index (χ2n) is 7.14. The second-order valence-corrected chi connectivity index (χ2v) is 7.14. The summed E-state index contributed by atoms with van der Waals surface area (Å²) in [6.45, 7) is 9.00. The molecule has 142 valence electrons. The van der Waals surface area contributed by atoms with E-state index in [-0.39, 0.29) is 24.8 Å². The fraction of sp³-hybridized carbons (Fsp3) is 0.500. The summed E-state index contributed by atoms with van der Waals surface area (Å²) in [5, 5.41) is 0. The van der Waals surface area contributed by atoms with Crippen LogP contribution in [-0.4, -0.2) is 36.2 Å². The first kappa shape index (κ1) is 20.3. The van der Waals surface area contributed by atoms with E-state index in [0.29, 0.717) is 11.1 Å². The van der Waals surface area contributed by atoms with Crippen molar-refractivity contribution < 1.29 is 24.1 Å². The molecule has 1 aromatic rings. The zero-order valence-electron chi connectivity index (χ0n) is 16.3. The molecule has 0 saturated heterocycles. The summed E-state index contributed by atoms with van der Waals surface area (Å²) < 4.78 is 5.44. The largest absolute Gasteiger partial charge is 0.351 e. The van der Waals surface area contributed by atoms with Crippen LogP contribution in [0.2, 0.25) is 0 Å². The number of hydrogen-bond donors (Lipinski definition) is 0. The predicted molar refractivity (Wildman–Crippen MR) is 96.8 cm³/mol. The average molecular weight is 361 g/mol. The van der Waals surface area contributed by atoms with Crippen LogP contribution in [0, 0.1) is 0 Å². The summed E-state index contributed by atoms with van der Waals surface area (Å²) in [6, 6.07) is 9.69. The molecule has 6 heteroatoms. The highest BCUT2D eigenvalue weighted by Crippen LogP contribution is 2.29. The van der Waals surface area contributed by atoms with Crippen molar-refractivity contribution in [2.24, 2.45) is 0 Å². The molecule has 26 heavy (non-hydrogen) atoms. The van der Waals surface area contributed by atoms with Gasteiger partial charge in [0.2, 0.25) is 0 Å². The summed E-state index contributed by atoms with van der Waals surface area (Å²) in [4.78, 5) is 36.8. The van der Waals surface area contributed by atoms with E-state index in [1.54, 1.807) is 20.8 Å². The van der Waals surface area contributed by atoms with E-state index < -0.39 is 11.4 Å². The molecule has 0 bridgehead atoms. The third-order valence-corrected chi connectivity index (χ3v) is 4.81. The van der Waals surface area contributed by atoms with E-state index in [0.717, 1.165) is 5.56 Å². The van der Waals surface area contributed by atoms with Crippen LogP contribution < -0.4 is 0 Å². The number of nitrogens with zero attached hydrogens (tertiary/aromatic N) is 1. The van der Waals surface area contributed by atoms with Crippen molar-refractivity contribution in [2.75, 3.05) is 13.7 Å². The maximum Gasteiger partial charge on any atom is 0.256 e. The molecule has 0 radical (unpaired) electrons. The number of carbonyl (C=O) groups is 2. The van der Waals surface area contributed by atoms with E-state index in [1.165, 1.54) is 12.0 Å². The molecule has 0 fully saturated rings. The van der Waals surface area contributed by atoms with E-state index in [2.05, 4.69) is 0 Å². The quantitative estimate of drug-likeness (QED) is 0.308. The Bertz CT molecular complexity index is 686. The fourth-order valence-electron chi connectivity index (χ4n) is 2.59. The summed E-state index contributed by atoms with van der Waals surface area (Å²) in [5.41, 5.74) is 1.24. The number of carbonyl (C=O) groups excluding carboxylic acids is 2. The van der Waals surface area contributed by atoms with Gasteiger partial charge in [-0.1, -0.05) is 30.3 Å².